The molecular weight excluding hydrogens is 486 g/mol. The van der Waals surface area contributed by atoms with Gasteiger partial charge in [0.1, 0.15) is 0 Å². The van der Waals surface area contributed by atoms with Crippen molar-refractivity contribution in [2.24, 2.45) is 0 Å². The molecule has 0 radical (unpaired) electrons. The Morgan fingerprint density at radius 1 is 0.667 bits per heavy atom. The zero-order chi connectivity index (χ0) is 28.8. The van der Waals surface area contributed by atoms with Crippen LogP contribution in [0.2, 0.25) is 0 Å². The van der Waals surface area contributed by atoms with Crippen LogP contribution in [0.5, 0.6) is 0 Å². The van der Waals surface area contributed by atoms with Gasteiger partial charge in [-0.15, -0.1) is 0 Å². The molecule has 0 rings (SSSR count). The maximum Gasteiger partial charge on any atom is 0.222 e. The number of aliphatic hydroxyl groups is 3. The molecule has 3 unspecified atom stereocenters. The van der Waals surface area contributed by atoms with E-state index in [0.717, 1.165) is 51.4 Å². The quantitative estimate of drug-likeness (QED) is 0.0622. The van der Waals surface area contributed by atoms with E-state index in [2.05, 4.69) is 55.6 Å². The summed E-state index contributed by atoms with van der Waals surface area (Å²) in [5.41, 5.74) is 0. The van der Waals surface area contributed by atoms with Crippen LogP contribution in [0.25, 0.3) is 0 Å². The van der Waals surface area contributed by atoms with Crippen molar-refractivity contribution in [3.05, 3.63) is 48.6 Å². The summed E-state index contributed by atoms with van der Waals surface area (Å²) in [7, 11) is 0. The van der Waals surface area contributed by atoms with Crippen LogP contribution in [0.1, 0.15) is 136 Å². The highest BCUT2D eigenvalue weighted by Gasteiger charge is 2.19. The third-order valence-corrected chi connectivity index (χ3v) is 6.84. The van der Waals surface area contributed by atoms with E-state index in [0.29, 0.717) is 6.42 Å². The van der Waals surface area contributed by atoms with E-state index in [1.807, 2.05) is 6.08 Å². The van der Waals surface area contributed by atoms with Crippen molar-refractivity contribution in [1.29, 1.82) is 0 Å². The molecule has 3 atom stereocenters. The first kappa shape index (κ1) is 37.3. The molecule has 0 aromatic heterocycles. The molecule has 5 heteroatoms. The minimum Gasteiger partial charge on any atom is -0.394 e. The molecule has 1 amide bonds. The second-order valence-electron chi connectivity index (χ2n) is 10.7. The third kappa shape index (κ3) is 26.3. The summed E-state index contributed by atoms with van der Waals surface area (Å²) >= 11 is 0. The Bertz CT molecular complexity index is 656. The number of hydrogen-bond donors (Lipinski definition) is 4. The fraction of sp³-hybridized carbons (Fsp3) is 0.735. The highest BCUT2D eigenvalue weighted by Crippen LogP contribution is 2.11. The number of allylic oxidation sites excluding steroid dienone is 7. The van der Waals surface area contributed by atoms with Gasteiger partial charge in [-0.1, -0.05) is 114 Å². The molecule has 0 aliphatic carbocycles. The Hall–Kier alpha value is -1.69. The van der Waals surface area contributed by atoms with Crippen LogP contribution in [0, 0.1) is 0 Å². The minimum atomic E-state index is -0.952. The van der Waals surface area contributed by atoms with Gasteiger partial charge in [0.15, 0.2) is 0 Å². The minimum absolute atomic E-state index is 0.00634. The van der Waals surface area contributed by atoms with E-state index in [-0.39, 0.29) is 18.9 Å². The van der Waals surface area contributed by atoms with Crippen molar-refractivity contribution in [2.45, 2.75) is 154 Å². The molecule has 39 heavy (non-hydrogen) atoms. The van der Waals surface area contributed by atoms with E-state index >= 15 is 0 Å². The highest BCUT2D eigenvalue weighted by molar-refractivity contribution is 5.76. The van der Waals surface area contributed by atoms with E-state index in [4.69, 9.17) is 0 Å². The van der Waals surface area contributed by atoms with Gasteiger partial charge in [-0.05, 0) is 64.2 Å². The third-order valence-electron chi connectivity index (χ3n) is 6.84. The molecule has 0 aromatic carbocycles. The lowest BCUT2D eigenvalue weighted by molar-refractivity contribution is -0.124. The first-order chi connectivity index (χ1) is 19.0. The first-order valence-electron chi connectivity index (χ1n) is 15.9. The number of carbonyl (C=O) groups is 1. The molecule has 0 saturated heterocycles. The van der Waals surface area contributed by atoms with E-state index in [1.165, 1.54) is 57.8 Å². The summed E-state index contributed by atoms with van der Waals surface area (Å²) in [5, 5.41) is 32.8. The molecule has 0 aliphatic rings. The molecular formula is C34H61NO4. The monoisotopic (exact) mass is 547 g/mol. The fourth-order valence-corrected chi connectivity index (χ4v) is 4.32. The van der Waals surface area contributed by atoms with Crippen LogP contribution in [0.3, 0.4) is 0 Å². The SMILES string of the molecule is CCCCC/C=C\C/C=C\CCCCCCCC(O)CC(=O)NC(CO)C(O)/C=C/CC/C=C/CCCCC. The number of amides is 1. The van der Waals surface area contributed by atoms with Crippen LogP contribution in [-0.4, -0.2) is 46.1 Å². The van der Waals surface area contributed by atoms with Crippen molar-refractivity contribution in [3.8, 4) is 0 Å². The average molecular weight is 548 g/mol. The fourth-order valence-electron chi connectivity index (χ4n) is 4.32. The zero-order valence-electron chi connectivity index (χ0n) is 25.2. The van der Waals surface area contributed by atoms with Crippen molar-refractivity contribution in [2.75, 3.05) is 6.61 Å². The molecule has 0 heterocycles. The van der Waals surface area contributed by atoms with E-state index in [1.54, 1.807) is 6.08 Å². The van der Waals surface area contributed by atoms with Gasteiger partial charge >= 0.3 is 0 Å². The number of nitrogens with one attached hydrogen (secondary N) is 1. The van der Waals surface area contributed by atoms with Crippen LogP contribution >= 0.6 is 0 Å². The maximum absolute atomic E-state index is 12.3. The first-order valence-corrected chi connectivity index (χ1v) is 15.9. The average Bonchev–Trinajstić information content (AvgIpc) is 2.92. The van der Waals surface area contributed by atoms with Crippen LogP contribution in [0.15, 0.2) is 48.6 Å². The molecule has 4 N–H and O–H groups in total. The smallest absolute Gasteiger partial charge is 0.222 e. The lowest BCUT2D eigenvalue weighted by Crippen LogP contribution is -2.45. The Morgan fingerprint density at radius 2 is 1.18 bits per heavy atom. The summed E-state index contributed by atoms with van der Waals surface area (Å²) < 4.78 is 0. The topological polar surface area (TPSA) is 89.8 Å². The Kier molecular flexibility index (Phi) is 28.0. The summed E-state index contributed by atoms with van der Waals surface area (Å²) in [6.07, 6.45) is 35.2. The van der Waals surface area contributed by atoms with Gasteiger partial charge in [-0.25, -0.2) is 0 Å². The maximum atomic E-state index is 12.3. The molecule has 0 spiro atoms. The molecule has 0 aromatic rings. The van der Waals surface area contributed by atoms with Crippen LogP contribution in [0.4, 0.5) is 0 Å². The van der Waals surface area contributed by atoms with Crippen LogP contribution < -0.4 is 5.32 Å². The highest BCUT2D eigenvalue weighted by atomic mass is 16.3. The molecule has 5 nitrogen and oxygen atoms in total. The summed E-state index contributed by atoms with van der Waals surface area (Å²) in [6, 6.07) is -0.763. The molecule has 0 bridgehead atoms. The van der Waals surface area contributed by atoms with Gasteiger partial charge in [0, 0.05) is 0 Å². The number of hydrogen-bond acceptors (Lipinski definition) is 4. The molecule has 0 saturated carbocycles. The Balaban J connectivity index is 3.85. The van der Waals surface area contributed by atoms with Gasteiger partial charge in [-0.3, -0.25) is 4.79 Å². The van der Waals surface area contributed by atoms with Crippen molar-refractivity contribution < 1.29 is 20.1 Å². The van der Waals surface area contributed by atoms with Crippen molar-refractivity contribution in [3.63, 3.8) is 0 Å². The van der Waals surface area contributed by atoms with Gasteiger partial charge < -0.3 is 20.6 Å². The second-order valence-corrected chi connectivity index (χ2v) is 10.7. The Labute approximate surface area is 240 Å². The van der Waals surface area contributed by atoms with Crippen molar-refractivity contribution >= 4 is 5.91 Å². The molecule has 0 aliphatic heterocycles. The summed E-state index contributed by atoms with van der Waals surface area (Å²) in [4.78, 5) is 12.3. The predicted molar refractivity (Wildman–Crippen MR) is 167 cm³/mol. The van der Waals surface area contributed by atoms with Gasteiger partial charge in [-0.2, -0.15) is 0 Å². The standard InChI is InChI=1S/C34H61NO4/c1-3-5-7-9-11-13-14-15-16-17-18-20-21-23-25-27-31(37)29-34(39)35-32(30-36)33(38)28-26-24-22-19-12-10-8-6-4-2/h11-13,15-16,19,26,28,31-33,36-38H,3-10,14,17-18,20-25,27,29-30H2,1-2H3,(H,35,39)/b13-11-,16-15-,19-12+,28-26+. The summed E-state index contributed by atoms with van der Waals surface area (Å²) in [5.74, 6) is -0.341. The summed E-state index contributed by atoms with van der Waals surface area (Å²) in [6.45, 7) is 4.08. The number of rotatable bonds is 27. The number of carbonyl (C=O) groups excluding carboxylic acids is 1. The van der Waals surface area contributed by atoms with Gasteiger partial charge in [0.05, 0.1) is 31.3 Å². The Morgan fingerprint density at radius 3 is 1.79 bits per heavy atom. The number of unbranched alkanes of at least 4 members (excludes halogenated alkanes) is 12. The van der Waals surface area contributed by atoms with Gasteiger partial charge in [0.25, 0.3) is 0 Å². The largest absolute Gasteiger partial charge is 0.394 e. The van der Waals surface area contributed by atoms with E-state index < -0.39 is 18.2 Å². The lowest BCUT2D eigenvalue weighted by atomic mass is 10.0. The van der Waals surface area contributed by atoms with Crippen LogP contribution in [-0.2, 0) is 4.79 Å². The lowest BCUT2D eigenvalue weighted by Gasteiger charge is -2.20. The van der Waals surface area contributed by atoms with Gasteiger partial charge in [0.2, 0.25) is 5.91 Å². The number of aliphatic hydroxyl groups excluding tert-OH is 3. The molecule has 226 valence electrons. The predicted octanol–water partition coefficient (Wildman–Crippen LogP) is 7.86. The van der Waals surface area contributed by atoms with Crippen molar-refractivity contribution in [1.82, 2.24) is 5.32 Å². The second kappa shape index (κ2) is 29.3. The zero-order valence-corrected chi connectivity index (χ0v) is 25.2. The van der Waals surface area contributed by atoms with E-state index in [9.17, 15) is 20.1 Å². The normalized spacial score (nSPS) is 14.7. The molecule has 0 fully saturated rings.